The molecule has 2 N–H and O–H groups in total. The average molecular weight is 246 g/mol. The fourth-order valence-electron chi connectivity index (χ4n) is 1.68. The highest BCUT2D eigenvalue weighted by molar-refractivity contribution is 5.67. The molecule has 0 saturated heterocycles. The Kier molecular flexibility index (Phi) is 8.12. The minimum absolute atomic E-state index is 0.184. The van der Waals surface area contributed by atoms with Gasteiger partial charge in [-0.2, -0.15) is 0 Å². The molecule has 0 aromatic heterocycles. The zero-order valence-corrected chi connectivity index (χ0v) is 11.4. The number of aliphatic hydroxyl groups is 1. The van der Waals surface area contributed by atoms with Crippen molar-refractivity contribution in [2.75, 3.05) is 40.3 Å². The maximum absolute atomic E-state index is 10.5. The van der Waals surface area contributed by atoms with Gasteiger partial charge in [-0.25, -0.2) is 0 Å². The summed E-state index contributed by atoms with van der Waals surface area (Å²) in [5.41, 5.74) is 0. The Morgan fingerprint density at radius 2 is 1.76 bits per heavy atom. The molecular formula is C12H26N2O3. The lowest BCUT2D eigenvalue weighted by Crippen LogP contribution is -2.39. The number of aliphatic carboxylic acids is 1. The van der Waals surface area contributed by atoms with Gasteiger partial charge in [0.15, 0.2) is 0 Å². The minimum Gasteiger partial charge on any atom is -0.481 e. The molecule has 17 heavy (non-hydrogen) atoms. The van der Waals surface area contributed by atoms with Crippen LogP contribution in [-0.4, -0.2) is 72.4 Å². The van der Waals surface area contributed by atoms with Crippen molar-refractivity contribution in [3.05, 3.63) is 0 Å². The van der Waals surface area contributed by atoms with Crippen LogP contribution in [0.25, 0.3) is 0 Å². The number of likely N-dealkylation sites (N-methyl/N-ethyl adjacent to an activating group) is 1. The van der Waals surface area contributed by atoms with Crippen LogP contribution in [0, 0.1) is 5.92 Å². The summed E-state index contributed by atoms with van der Waals surface area (Å²) in [7, 11) is 4.00. The van der Waals surface area contributed by atoms with Crippen LogP contribution in [0.15, 0.2) is 0 Å². The fraction of sp³-hybridized carbons (Fsp3) is 0.917. The van der Waals surface area contributed by atoms with Crippen molar-refractivity contribution < 1.29 is 15.0 Å². The molecule has 0 aliphatic heterocycles. The maximum Gasteiger partial charge on any atom is 0.306 e. The van der Waals surface area contributed by atoms with Crippen LogP contribution >= 0.6 is 0 Å². The number of aliphatic hydroxyl groups excluding tert-OH is 1. The van der Waals surface area contributed by atoms with Crippen LogP contribution in [0.1, 0.15) is 20.3 Å². The Morgan fingerprint density at radius 3 is 2.18 bits per heavy atom. The smallest absolute Gasteiger partial charge is 0.306 e. The van der Waals surface area contributed by atoms with Crippen molar-refractivity contribution in [2.45, 2.75) is 26.4 Å². The topological polar surface area (TPSA) is 64.0 Å². The number of carboxylic acid groups (broad SMARTS) is 1. The molecule has 0 aromatic carbocycles. The molecule has 5 heteroatoms. The molecule has 5 nitrogen and oxygen atoms in total. The molecule has 1 atom stereocenters. The van der Waals surface area contributed by atoms with Crippen LogP contribution < -0.4 is 0 Å². The molecule has 0 fully saturated rings. The largest absolute Gasteiger partial charge is 0.481 e. The van der Waals surface area contributed by atoms with E-state index in [9.17, 15) is 9.90 Å². The minimum atomic E-state index is -0.949. The van der Waals surface area contributed by atoms with Gasteiger partial charge < -0.3 is 15.1 Å². The number of carbonyl (C=O) groups is 1. The second kappa shape index (κ2) is 8.44. The third-order valence-electron chi connectivity index (χ3n) is 2.37. The first-order valence-electron chi connectivity index (χ1n) is 6.08. The van der Waals surface area contributed by atoms with E-state index in [0.717, 1.165) is 19.6 Å². The van der Waals surface area contributed by atoms with Gasteiger partial charge in [-0.3, -0.25) is 9.69 Å². The highest BCUT2D eigenvalue weighted by Crippen LogP contribution is 2.02. The summed E-state index contributed by atoms with van der Waals surface area (Å²) in [6.07, 6.45) is -0.968. The lowest BCUT2D eigenvalue weighted by atomic mass is 10.1. The van der Waals surface area contributed by atoms with E-state index in [1.54, 1.807) is 0 Å². The normalized spacial score (nSPS) is 13.6. The van der Waals surface area contributed by atoms with Crippen LogP contribution in [0.3, 0.4) is 0 Å². The summed E-state index contributed by atoms with van der Waals surface area (Å²) in [6, 6.07) is 0. The van der Waals surface area contributed by atoms with Crippen molar-refractivity contribution in [2.24, 2.45) is 5.92 Å². The van der Waals surface area contributed by atoms with Crippen molar-refractivity contribution in [3.8, 4) is 0 Å². The summed E-state index contributed by atoms with van der Waals surface area (Å²) in [5, 5.41) is 18.2. The summed E-state index contributed by atoms with van der Waals surface area (Å²) >= 11 is 0. The molecule has 0 aliphatic rings. The molecular weight excluding hydrogens is 220 g/mol. The van der Waals surface area contributed by atoms with Gasteiger partial charge in [0.1, 0.15) is 0 Å². The van der Waals surface area contributed by atoms with Gasteiger partial charge in [0.2, 0.25) is 0 Å². The highest BCUT2D eigenvalue weighted by Gasteiger charge is 2.15. The van der Waals surface area contributed by atoms with E-state index in [2.05, 4.69) is 23.6 Å². The van der Waals surface area contributed by atoms with Gasteiger partial charge in [0.05, 0.1) is 12.5 Å². The summed E-state index contributed by atoms with van der Waals surface area (Å²) in [6.45, 7) is 7.30. The highest BCUT2D eigenvalue weighted by atomic mass is 16.4. The third kappa shape index (κ3) is 10.2. The predicted molar refractivity (Wildman–Crippen MR) is 68.1 cm³/mol. The number of hydrogen-bond acceptors (Lipinski definition) is 4. The van der Waals surface area contributed by atoms with Crippen LogP contribution in [0.5, 0.6) is 0 Å². The number of nitrogens with zero attached hydrogens (tertiary/aromatic N) is 2. The summed E-state index contributed by atoms with van der Waals surface area (Å²) < 4.78 is 0. The third-order valence-corrected chi connectivity index (χ3v) is 2.37. The second-order valence-electron chi connectivity index (χ2n) is 5.21. The van der Waals surface area contributed by atoms with E-state index < -0.39 is 12.1 Å². The lowest BCUT2D eigenvalue weighted by Gasteiger charge is -2.27. The zero-order chi connectivity index (χ0) is 13.4. The second-order valence-corrected chi connectivity index (χ2v) is 5.21. The molecule has 0 radical (unpaired) electrons. The first-order chi connectivity index (χ1) is 7.81. The van der Waals surface area contributed by atoms with E-state index >= 15 is 0 Å². The summed E-state index contributed by atoms with van der Waals surface area (Å²) in [5.74, 6) is -0.441. The molecule has 102 valence electrons. The first-order valence-corrected chi connectivity index (χ1v) is 6.08. The molecule has 0 aliphatic carbocycles. The average Bonchev–Trinajstić information content (AvgIpc) is 2.11. The van der Waals surface area contributed by atoms with Crippen molar-refractivity contribution in [3.63, 3.8) is 0 Å². The molecule has 0 aromatic rings. The fourth-order valence-corrected chi connectivity index (χ4v) is 1.68. The molecule has 0 rings (SSSR count). The Bertz CT molecular complexity index is 220. The van der Waals surface area contributed by atoms with Crippen LogP contribution in [-0.2, 0) is 4.79 Å². The number of hydrogen-bond donors (Lipinski definition) is 2. The quantitative estimate of drug-likeness (QED) is 0.614. The van der Waals surface area contributed by atoms with E-state index in [4.69, 9.17) is 5.11 Å². The Morgan fingerprint density at radius 1 is 1.18 bits per heavy atom. The standard InChI is InChI=1S/C12H26N2O3/c1-10(2)8-14(6-5-13(3)4)9-11(15)7-12(16)17/h10-11,15H,5-9H2,1-4H3,(H,16,17). The van der Waals surface area contributed by atoms with Crippen molar-refractivity contribution >= 4 is 5.97 Å². The lowest BCUT2D eigenvalue weighted by molar-refractivity contribution is -0.139. The van der Waals surface area contributed by atoms with Gasteiger partial charge in [-0.15, -0.1) is 0 Å². The van der Waals surface area contributed by atoms with E-state index in [0.29, 0.717) is 12.5 Å². The van der Waals surface area contributed by atoms with Crippen molar-refractivity contribution in [1.82, 2.24) is 9.80 Å². The van der Waals surface area contributed by atoms with Crippen molar-refractivity contribution in [1.29, 1.82) is 0 Å². The van der Waals surface area contributed by atoms with Gasteiger partial charge in [-0.05, 0) is 20.0 Å². The molecule has 1 unspecified atom stereocenters. The summed E-state index contributed by atoms with van der Waals surface area (Å²) in [4.78, 5) is 14.7. The Balaban J connectivity index is 4.12. The van der Waals surface area contributed by atoms with Gasteiger partial charge in [0, 0.05) is 26.2 Å². The van der Waals surface area contributed by atoms with Gasteiger partial charge in [0.25, 0.3) is 0 Å². The molecule has 0 bridgehead atoms. The molecule has 0 heterocycles. The van der Waals surface area contributed by atoms with E-state index in [-0.39, 0.29) is 6.42 Å². The number of rotatable bonds is 9. The molecule has 0 amide bonds. The SMILES string of the molecule is CC(C)CN(CCN(C)C)CC(O)CC(=O)O. The number of carboxylic acids is 1. The Labute approximate surface area is 104 Å². The van der Waals surface area contributed by atoms with Crippen LogP contribution in [0.2, 0.25) is 0 Å². The predicted octanol–water partition coefficient (Wildman–Crippen LogP) is 0.342. The van der Waals surface area contributed by atoms with E-state index in [1.165, 1.54) is 0 Å². The van der Waals surface area contributed by atoms with Gasteiger partial charge in [-0.1, -0.05) is 13.8 Å². The molecule has 0 spiro atoms. The maximum atomic E-state index is 10.5. The Hall–Kier alpha value is -0.650. The zero-order valence-electron chi connectivity index (χ0n) is 11.4. The van der Waals surface area contributed by atoms with Gasteiger partial charge >= 0.3 is 5.97 Å². The van der Waals surface area contributed by atoms with Crippen LogP contribution in [0.4, 0.5) is 0 Å². The van der Waals surface area contributed by atoms with E-state index in [1.807, 2.05) is 14.1 Å². The molecule has 0 saturated carbocycles. The first kappa shape index (κ1) is 16.4. The monoisotopic (exact) mass is 246 g/mol.